The second-order valence-corrected chi connectivity index (χ2v) is 8.15. The molecule has 1 saturated heterocycles. The Hall–Kier alpha value is -2.58. The lowest BCUT2D eigenvalue weighted by Gasteiger charge is -2.21. The summed E-state index contributed by atoms with van der Waals surface area (Å²) in [6.07, 6.45) is 7.07. The van der Waals surface area contributed by atoms with Crippen LogP contribution in [0.25, 0.3) is 6.08 Å². The molecule has 1 amide bonds. The van der Waals surface area contributed by atoms with Gasteiger partial charge in [-0.25, -0.2) is 15.0 Å². The Bertz CT molecular complexity index is 950. The second-order valence-electron chi connectivity index (χ2n) is 6.23. The molecule has 4 heterocycles. The predicted octanol–water partition coefficient (Wildman–Crippen LogP) is 4.42. The molecule has 0 saturated carbocycles. The van der Waals surface area contributed by atoms with Gasteiger partial charge in [0.15, 0.2) is 5.13 Å². The number of aryl methyl sites for hydroxylation is 1. The highest BCUT2D eigenvalue weighted by atomic mass is 32.1. The molecule has 4 rings (SSSR count). The van der Waals surface area contributed by atoms with Crippen molar-refractivity contribution in [1.29, 1.82) is 0 Å². The number of hydrogen-bond donors (Lipinski definition) is 1. The van der Waals surface area contributed by atoms with E-state index in [-0.39, 0.29) is 11.9 Å². The Kier molecular flexibility index (Phi) is 5.26. The summed E-state index contributed by atoms with van der Waals surface area (Å²) in [5, 5.41) is 8.98. The van der Waals surface area contributed by atoms with Crippen LogP contribution in [0.5, 0.6) is 0 Å². The van der Waals surface area contributed by atoms with Gasteiger partial charge >= 0.3 is 0 Å². The largest absolute Gasteiger partial charge is 0.331 e. The number of thiazole rings is 2. The van der Waals surface area contributed by atoms with Crippen molar-refractivity contribution in [3.05, 3.63) is 57.6 Å². The molecule has 0 spiro atoms. The average Bonchev–Trinajstić information content (AvgIpc) is 3.41. The third-order valence-corrected chi connectivity index (χ3v) is 5.90. The van der Waals surface area contributed by atoms with Gasteiger partial charge in [-0.3, -0.25) is 4.79 Å². The average molecular weight is 398 g/mol. The Morgan fingerprint density at radius 3 is 3.00 bits per heavy atom. The lowest BCUT2D eigenvalue weighted by Crippen LogP contribution is -2.29. The quantitative estimate of drug-likeness (QED) is 0.645. The first-order valence-corrected chi connectivity index (χ1v) is 10.5. The SMILES string of the molecule is Cc1nc(/C=C/C(=O)N2CCCC2c2csc(Nc3ccccn3)n2)cs1. The van der Waals surface area contributed by atoms with Gasteiger partial charge in [0.1, 0.15) is 5.82 Å². The fourth-order valence-electron chi connectivity index (χ4n) is 3.09. The van der Waals surface area contributed by atoms with E-state index in [9.17, 15) is 4.79 Å². The molecule has 1 aliphatic rings. The molecule has 138 valence electrons. The summed E-state index contributed by atoms with van der Waals surface area (Å²) in [6, 6.07) is 5.73. The van der Waals surface area contributed by atoms with E-state index in [0.29, 0.717) is 0 Å². The van der Waals surface area contributed by atoms with Gasteiger partial charge in [-0.15, -0.1) is 22.7 Å². The van der Waals surface area contributed by atoms with Crippen molar-refractivity contribution in [1.82, 2.24) is 19.9 Å². The smallest absolute Gasteiger partial charge is 0.247 e. The van der Waals surface area contributed by atoms with E-state index in [1.165, 1.54) is 11.3 Å². The van der Waals surface area contributed by atoms with Crippen LogP contribution in [0.2, 0.25) is 0 Å². The standard InChI is InChI=1S/C19H19N5OS2/c1-13-21-14(11-26-13)7-8-18(25)24-10-4-5-16(24)15-12-27-19(22-15)23-17-6-2-3-9-20-17/h2-3,6-9,11-12,16H,4-5,10H2,1H3,(H,20,22,23)/b8-7+. The van der Waals surface area contributed by atoms with Crippen molar-refractivity contribution in [2.75, 3.05) is 11.9 Å². The summed E-state index contributed by atoms with van der Waals surface area (Å²) < 4.78 is 0. The van der Waals surface area contributed by atoms with Gasteiger partial charge in [-0.05, 0) is 38.0 Å². The fraction of sp³-hybridized carbons (Fsp3) is 0.263. The van der Waals surface area contributed by atoms with E-state index in [2.05, 4.69) is 20.3 Å². The number of nitrogens with one attached hydrogen (secondary N) is 1. The van der Waals surface area contributed by atoms with E-state index in [0.717, 1.165) is 46.7 Å². The molecular formula is C19H19N5OS2. The van der Waals surface area contributed by atoms with Crippen LogP contribution in [0.3, 0.4) is 0 Å². The van der Waals surface area contributed by atoms with Gasteiger partial charge < -0.3 is 10.2 Å². The van der Waals surface area contributed by atoms with Crippen LogP contribution in [-0.2, 0) is 4.79 Å². The Balaban J connectivity index is 1.45. The highest BCUT2D eigenvalue weighted by Gasteiger charge is 2.30. The minimum atomic E-state index is 0.00962. The number of hydrogen-bond acceptors (Lipinski definition) is 7. The first kappa shape index (κ1) is 17.8. The van der Waals surface area contributed by atoms with Gasteiger partial charge in [0.25, 0.3) is 0 Å². The molecule has 0 aromatic carbocycles. The molecule has 27 heavy (non-hydrogen) atoms. The van der Waals surface area contributed by atoms with Gasteiger partial charge in [0.05, 0.1) is 22.4 Å². The maximum atomic E-state index is 12.7. The molecule has 1 unspecified atom stereocenters. The number of rotatable bonds is 5. The van der Waals surface area contributed by atoms with E-state index in [1.54, 1.807) is 29.7 Å². The van der Waals surface area contributed by atoms with Crippen molar-refractivity contribution < 1.29 is 4.79 Å². The molecule has 3 aromatic rings. The topological polar surface area (TPSA) is 71.0 Å². The van der Waals surface area contributed by atoms with Crippen LogP contribution in [0.4, 0.5) is 10.9 Å². The van der Waals surface area contributed by atoms with Gasteiger partial charge in [-0.2, -0.15) is 0 Å². The van der Waals surface area contributed by atoms with Crippen LogP contribution >= 0.6 is 22.7 Å². The van der Waals surface area contributed by atoms with Crippen molar-refractivity contribution >= 4 is 45.6 Å². The van der Waals surface area contributed by atoms with Gasteiger partial charge in [0, 0.05) is 29.6 Å². The van der Waals surface area contributed by atoms with Crippen molar-refractivity contribution in [2.45, 2.75) is 25.8 Å². The van der Waals surface area contributed by atoms with E-state index >= 15 is 0 Å². The molecule has 3 aromatic heterocycles. The number of carbonyl (C=O) groups excluding carboxylic acids is 1. The third kappa shape index (κ3) is 4.23. The zero-order valence-electron chi connectivity index (χ0n) is 14.8. The molecule has 1 fully saturated rings. The van der Waals surface area contributed by atoms with Crippen LogP contribution in [-0.4, -0.2) is 32.3 Å². The number of aromatic nitrogens is 3. The molecule has 6 nitrogen and oxygen atoms in total. The zero-order valence-corrected chi connectivity index (χ0v) is 16.5. The number of nitrogens with zero attached hydrogens (tertiary/aromatic N) is 4. The first-order chi connectivity index (χ1) is 13.2. The fourth-order valence-corrected chi connectivity index (χ4v) is 4.43. The molecular weight excluding hydrogens is 378 g/mol. The third-order valence-electron chi connectivity index (χ3n) is 4.33. The number of amides is 1. The molecule has 8 heteroatoms. The summed E-state index contributed by atoms with van der Waals surface area (Å²) in [5.41, 5.74) is 1.76. The number of anilines is 2. The number of pyridine rings is 1. The first-order valence-electron chi connectivity index (χ1n) is 8.73. The Morgan fingerprint density at radius 1 is 1.30 bits per heavy atom. The summed E-state index contributed by atoms with van der Waals surface area (Å²) in [7, 11) is 0. The summed E-state index contributed by atoms with van der Waals surface area (Å²) in [6.45, 7) is 2.71. The van der Waals surface area contributed by atoms with Crippen molar-refractivity contribution in [3.63, 3.8) is 0 Å². The van der Waals surface area contributed by atoms with Gasteiger partial charge in [-0.1, -0.05) is 6.07 Å². The summed E-state index contributed by atoms with van der Waals surface area (Å²) >= 11 is 3.11. The van der Waals surface area contributed by atoms with Gasteiger partial charge in [0.2, 0.25) is 5.91 Å². The van der Waals surface area contributed by atoms with Crippen molar-refractivity contribution in [2.24, 2.45) is 0 Å². The lowest BCUT2D eigenvalue weighted by molar-refractivity contribution is -0.126. The highest BCUT2D eigenvalue weighted by Crippen LogP contribution is 2.34. The minimum absolute atomic E-state index is 0.00962. The lowest BCUT2D eigenvalue weighted by atomic mass is 10.1. The predicted molar refractivity (Wildman–Crippen MR) is 109 cm³/mol. The molecule has 0 bridgehead atoms. The van der Waals surface area contributed by atoms with Crippen LogP contribution in [0.1, 0.15) is 35.3 Å². The highest BCUT2D eigenvalue weighted by molar-refractivity contribution is 7.13. The minimum Gasteiger partial charge on any atom is -0.331 e. The normalized spacial score (nSPS) is 16.9. The molecule has 1 atom stereocenters. The molecule has 0 aliphatic carbocycles. The van der Waals surface area contributed by atoms with Crippen LogP contribution in [0.15, 0.2) is 41.2 Å². The van der Waals surface area contributed by atoms with Crippen LogP contribution in [0, 0.1) is 6.92 Å². The molecule has 0 radical (unpaired) electrons. The summed E-state index contributed by atoms with van der Waals surface area (Å²) in [5.74, 6) is 0.773. The number of likely N-dealkylation sites (tertiary alicyclic amines) is 1. The number of carbonyl (C=O) groups is 1. The van der Waals surface area contributed by atoms with E-state index in [4.69, 9.17) is 0 Å². The molecule has 1 N–H and O–H groups in total. The van der Waals surface area contributed by atoms with Crippen molar-refractivity contribution in [3.8, 4) is 0 Å². The van der Waals surface area contributed by atoms with E-state index in [1.807, 2.05) is 40.8 Å². The van der Waals surface area contributed by atoms with Crippen LogP contribution < -0.4 is 5.32 Å². The monoisotopic (exact) mass is 397 g/mol. The molecule has 1 aliphatic heterocycles. The Morgan fingerprint density at radius 2 is 2.22 bits per heavy atom. The Labute approximate surface area is 165 Å². The second kappa shape index (κ2) is 7.98. The van der Waals surface area contributed by atoms with E-state index < -0.39 is 0 Å². The zero-order chi connectivity index (χ0) is 18.6. The maximum absolute atomic E-state index is 12.7. The maximum Gasteiger partial charge on any atom is 0.247 e. The summed E-state index contributed by atoms with van der Waals surface area (Å²) in [4.78, 5) is 27.9.